The number of nitrogens with zero attached hydrogens (tertiary/aromatic N) is 3. The van der Waals surface area contributed by atoms with Crippen molar-refractivity contribution in [1.29, 1.82) is 0 Å². The van der Waals surface area contributed by atoms with Crippen LogP contribution in [0.1, 0.15) is 42.5 Å². The zero-order valence-corrected chi connectivity index (χ0v) is 17.1. The number of aliphatic imine (C=N–C) groups is 2. The molecule has 3 aliphatic rings. The number of para-hydroxylation sites is 2. The zero-order chi connectivity index (χ0) is 21.6. The molecular weight excluding hydrogens is 398 g/mol. The fraction of sp³-hybridized carbons (Fsp3) is 0.318. The molecule has 2 aromatic rings. The highest BCUT2D eigenvalue weighted by Gasteiger charge is 2.45. The molecule has 0 saturated heterocycles. The first-order valence-corrected chi connectivity index (χ1v) is 10.2. The lowest BCUT2D eigenvalue weighted by Crippen LogP contribution is -2.58. The Morgan fingerprint density at radius 1 is 1.06 bits per heavy atom. The van der Waals surface area contributed by atoms with E-state index >= 15 is 0 Å². The smallest absolute Gasteiger partial charge is 0.338 e. The summed E-state index contributed by atoms with van der Waals surface area (Å²) in [7, 11) is 1.33. The van der Waals surface area contributed by atoms with Gasteiger partial charge in [-0.15, -0.1) is 0 Å². The number of nitrogens with two attached hydrogens (primary N) is 2. The Labute approximate surface area is 179 Å². The second-order valence-corrected chi connectivity index (χ2v) is 7.78. The van der Waals surface area contributed by atoms with E-state index in [0.29, 0.717) is 34.2 Å². The van der Waals surface area contributed by atoms with Crippen LogP contribution in [0.4, 0.5) is 5.69 Å². The fourth-order valence-electron chi connectivity index (χ4n) is 4.48. The van der Waals surface area contributed by atoms with E-state index in [1.54, 1.807) is 18.2 Å². The molecule has 1 aliphatic carbocycles. The van der Waals surface area contributed by atoms with Gasteiger partial charge in [0.15, 0.2) is 23.0 Å². The third-order valence-electron chi connectivity index (χ3n) is 5.83. The van der Waals surface area contributed by atoms with Gasteiger partial charge in [0.2, 0.25) is 11.9 Å². The third kappa shape index (κ3) is 3.13. The van der Waals surface area contributed by atoms with Crippen molar-refractivity contribution in [3.63, 3.8) is 0 Å². The van der Waals surface area contributed by atoms with Crippen molar-refractivity contribution in [3.8, 4) is 23.0 Å². The van der Waals surface area contributed by atoms with Crippen LogP contribution in [-0.4, -0.2) is 30.7 Å². The molecule has 1 saturated carbocycles. The summed E-state index contributed by atoms with van der Waals surface area (Å²) in [5.41, 5.74) is 12.5. The van der Waals surface area contributed by atoms with Gasteiger partial charge in [0, 0.05) is 0 Å². The first-order chi connectivity index (χ1) is 15.0. The normalized spacial score (nSPS) is 18.7. The van der Waals surface area contributed by atoms with Crippen LogP contribution in [0.15, 0.2) is 46.4 Å². The fourth-order valence-corrected chi connectivity index (χ4v) is 4.48. The Bertz CT molecular complexity index is 1120. The maximum absolute atomic E-state index is 12.4. The Hall–Kier alpha value is -3.75. The van der Waals surface area contributed by atoms with Gasteiger partial charge < -0.3 is 25.7 Å². The van der Waals surface area contributed by atoms with Crippen LogP contribution in [0.5, 0.6) is 23.0 Å². The Morgan fingerprint density at radius 2 is 1.77 bits per heavy atom. The molecule has 9 heteroatoms. The van der Waals surface area contributed by atoms with Crippen molar-refractivity contribution in [2.24, 2.45) is 21.5 Å². The molecular formula is C22H23N5O4. The molecule has 2 aliphatic heterocycles. The predicted octanol–water partition coefficient (Wildman–Crippen LogP) is 3.48. The van der Waals surface area contributed by atoms with Crippen LogP contribution in [0, 0.1) is 0 Å². The van der Waals surface area contributed by atoms with Crippen LogP contribution < -0.4 is 25.8 Å². The summed E-state index contributed by atoms with van der Waals surface area (Å²) in [5.74, 6) is 1.79. The molecule has 2 aromatic carbocycles. The number of carbonyl (C=O) groups is 1. The van der Waals surface area contributed by atoms with Gasteiger partial charge >= 0.3 is 5.97 Å². The van der Waals surface area contributed by atoms with Gasteiger partial charge in [-0.2, -0.15) is 4.99 Å². The van der Waals surface area contributed by atoms with E-state index in [0.717, 1.165) is 32.1 Å². The lowest BCUT2D eigenvalue weighted by Gasteiger charge is -2.46. The van der Waals surface area contributed by atoms with Gasteiger partial charge in [0.1, 0.15) is 5.66 Å². The summed E-state index contributed by atoms with van der Waals surface area (Å²) in [5, 5.41) is 0. The molecule has 2 heterocycles. The monoisotopic (exact) mass is 421 g/mol. The standard InChI is InChI=1S/C22H23N5O4/c1-29-19(28)13-11-14(18-17(12-13)30-15-7-3-4-8-16(15)31-18)27-21(24)25-20(23)26-22(27)9-5-2-6-10-22/h3-4,7-8,11-12H,2,5-6,9-10H2,1H3,(H4,23,24,25,26). The molecule has 4 N–H and O–H groups in total. The summed E-state index contributed by atoms with van der Waals surface area (Å²) in [6.45, 7) is 0. The Morgan fingerprint density at radius 3 is 2.48 bits per heavy atom. The maximum atomic E-state index is 12.4. The lowest BCUT2D eigenvalue weighted by molar-refractivity contribution is 0.0600. The topological polar surface area (TPSA) is 125 Å². The predicted molar refractivity (Wildman–Crippen MR) is 116 cm³/mol. The van der Waals surface area contributed by atoms with Gasteiger partial charge in [0.25, 0.3) is 0 Å². The number of anilines is 1. The number of hydrogen-bond acceptors (Lipinski definition) is 9. The first-order valence-electron chi connectivity index (χ1n) is 10.2. The van der Waals surface area contributed by atoms with Crippen molar-refractivity contribution in [1.82, 2.24) is 0 Å². The molecule has 5 rings (SSSR count). The van der Waals surface area contributed by atoms with E-state index in [1.807, 2.05) is 23.1 Å². The highest BCUT2D eigenvalue weighted by molar-refractivity contribution is 6.07. The number of hydrogen-bond donors (Lipinski definition) is 2. The largest absolute Gasteiger partial charge is 0.465 e. The summed E-state index contributed by atoms with van der Waals surface area (Å²) in [6.07, 6.45) is 4.55. The minimum Gasteiger partial charge on any atom is -0.465 e. The molecule has 0 aromatic heterocycles. The maximum Gasteiger partial charge on any atom is 0.338 e. The summed E-state index contributed by atoms with van der Waals surface area (Å²) in [6, 6.07) is 10.6. The number of guanidine groups is 2. The number of benzene rings is 2. The molecule has 0 unspecified atom stereocenters. The van der Waals surface area contributed by atoms with Crippen molar-refractivity contribution < 1.29 is 19.0 Å². The van der Waals surface area contributed by atoms with Gasteiger partial charge in [-0.3, -0.25) is 4.90 Å². The average molecular weight is 421 g/mol. The Kier molecular flexibility index (Phi) is 4.46. The Balaban J connectivity index is 1.71. The number of carbonyl (C=O) groups excluding carboxylic acids is 1. The molecule has 0 atom stereocenters. The van der Waals surface area contributed by atoms with Crippen molar-refractivity contribution in [2.75, 3.05) is 12.0 Å². The van der Waals surface area contributed by atoms with Crippen molar-refractivity contribution >= 4 is 23.6 Å². The SMILES string of the molecule is COC(=O)c1cc2c(c(N3C(N)=NC(N)=NC34CCCCC4)c1)Oc1ccccc1O2. The second-order valence-electron chi connectivity index (χ2n) is 7.78. The van der Waals surface area contributed by atoms with Gasteiger partial charge in [-0.1, -0.05) is 18.6 Å². The van der Waals surface area contributed by atoms with Crippen molar-refractivity contribution in [2.45, 2.75) is 37.8 Å². The number of fused-ring (bicyclic) bond motifs is 2. The molecule has 1 spiro atoms. The molecule has 160 valence electrons. The average Bonchev–Trinajstić information content (AvgIpc) is 2.77. The lowest BCUT2D eigenvalue weighted by atomic mass is 9.87. The van der Waals surface area contributed by atoms with E-state index < -0.39 is 11.6 Å². The molecule has 0 radical (unpaired) electrons. The number of ether oxygens (including phenoxy) is 3. The van der Waals surface area contributed by atoms with Crippen LogP contribution in [-0.2, 0) is 4.74 Å². The number of methoxy groups -OCH3 is 1. The molecule has 0 amide bonds. The minimum absolute atomic E-state index is 0.149. The highest BCUT2D eigenvalue weighted by Crippen LogP contribution is 2.52. The van der Waals surface area contributed by atoms with Crippen molar-refractivity contribution in [3.05, 3.63) is 42.0 Å². The molecule has 0 bridgehead atoms. The van der Waals surface area contributed by atoms with Gasteiger partial charge in [-0.25, -0.2) is 9.79 Å². The van der Waals surface area contributed by atoms with E-state index in [-0.39, 0.29) is 11.9 Å². The minimum atomic E-state index is -0.697. The molecule has 1 fully saturated rings. The number of rotatable bonds is 2. The van der Waals surface area contributed by atoms with E-state index in [4.69, 9.17) is 30.7 Å². The van der Waals surface area contributed by atoms with Crippen LogP contribution in [0.25, 0.3) is 0 Å². The summed E-state index contributed by atoms with van der Waals surface area (Å²) < 4.78 is 17.3. The first kappa shape index (κ1) is 19.2. The van der Waals surface area contributed by atoms with E-state index in [9.17, 15) is 4.79 Å². The van der Waals surface area contributed by atoms with Crippen LogP contribution >= 0.6 is 0 Å². The quantitative estimate of drug-likeness (QED) is 0.607. The highest BCUT2D eigenvalue weighted by atomic mass is 16.6. The summed E-state index contributed by atoms with van der Waals surface area (Å²) in [4.78, 5) is 23.2. The third-order valence-corrected chi connectivity index (χ3v) is 5.83. The molecule has 31 heavy (non-hydrogen) atoms. The van der Waals surface area contributed by atoms with Gasteiger partial charge in [-0.05, 0) is 49.9 Å². The summed E-state index contributed by atoms with van der Waals surface area (Å²) >= 11 is 0. The second kappa shape index (κ2) is 7.19. The number of esters is 1. The van der Waals surface area contributed by atoms with Crippen LogP contribution in [0.3, 0.4) is 0 Å². The molecule has 9 nitrogen and oxygen atoms in total. The van der Waals surface area contributed by atoms with Gasteiger partial charge in [0.05, 0.1) is 18.4 Å². The van der Waals surface area contributed by atoms with E-state index in [2.05, 4.69) is 4.99 Å². The van der Waals surface area contributed by atoms with Crippen LogP contribution in [0.2, 0.25) is 0 Å². The zero-order valence-electron chi connectivity index (χ0n) is 17.1. The van der Waals surface area contributed by atoms with E-state index in [1.165, 1.54) is 7.11 Å².